The summed E-state index contributed by atoms with van der Waals surface area (Å²) in [6.45, 7) is 4.34. The molecule has 2 aromatic rings. The standard InChI is InChI=1S/C19H22N2O3S/c1-14-5-7-16(8-6-14)19(22)20-17-9-10-18(15(2)13-17)21-11-3-4-12-25(21,23)24/h5-10,13H,3-4,11-12H2,1-2H3,(H,20,22). The Kier molecular flexibility index (Phi) is 4.81. The number of benzene rings is 2. The van der Waals surface area contributed by atoms with Gasteiger partial charge in [-0.25, -0.2) is 8.42 Å². The fourth-order valence-electron chi connectivity index (χ4n) is 2.98. The molecule has 0 radical (unpaired) electrons. The molecule has 1 fully saturated rings. The number of carbonyl (C=O) groups excluding carboxylic acids is 1. The molecule has 0 spiro atoms. The van der Waals surface area contributed by atoms with E-state index < -0.39 is 10.0 Å². The lowest BCUT2D eigenvalue weighted by Crippen LogP contribution is -2.38. The van der Waals surface area contributed by atoms with Crippen molar-refractivity contribution in [2.24, 2.45) is 0 Å². The van der Waals surface area contributed by atoms with E-state index in [1.54, 1.807) is 24.3 Å². The zero-order valence-corrected chi connectivity index (χ0v) is 15.3. The highest BCUT2D eigenvalue weighted by molar-refractivity contribution is 7.92. The van der Waals surface area contributed by atoms with E-state index in [1.807, 2.05) is 32.0 Å². The molecule has 6 heteroatoms. The van der Waals surface area contributed by atoms with Gasteiger partial charge in [-0.3, -0.25) is 9.10 Å². The lowest BCUT2D eigenvalue weighted by molar-refractivity contribution is 0.102. The molecule has 132 valence electrons. The molecule has 0 aliphatic carbocycles. The van der Waals surface area contributed by atoms with Crippen molar-refractivity contribution in [3.8, 4) is 0 Å². The summed E-state index contributed by atoms with van der Waals surface area (Å²) in [5.74, 6) is 0.0102. The average Bonchev–Trinajstić information content (AvgIpc) is 2.56. The number of sulfonamides is 1. The van der Waals surface area contributed by atoms with Gasteiger partial charge in [-0.15, -0.1) is 0 Å². The van der Waals surface area contributed by atoms with Crippen molar-refractivity contribution >= 4 is 27.3 Å². The molecule has 0 atom stereocenters. The fourth-order valence-corrected chi connectivity index (χ4v) is 4.68. The summed E-state index contributed by atoms with van der Waals surface area (Å²) in [6.07, 6.45) is 1.58. The van der Waals surface area contributed by atoms with Gasteiger partial charge in [0.25, 0.3) is 5.91 Å². The maximum atomic E-state index is 12.3. The number of aryl methyl sites for hydroxylation is 2. The minimum atomic E-state index is -3.24. The molecule has 5 nitrogen and oxygen atoms in total. The van der Waals surface area contributed by atoms with Gasteiger partial charge in [0.1, 0.15) is 0 Å². The molecular formula is C19H22N2O3S. The fraction of sp³-hybridized carbons (Fsp3) is 0.316. The van der Waals surface area contributed by atoms with Crippen LogP contribution in [0.4, 0.5) is 11.4 Å². The van der Waals surface area contributed by atoms with E-state index in [9.17, 15) is 13.2 Å². The Morgan fingerprint density at radius 1 is 1.04 bits per heavy atom. The van der Waals surface area contributed by atoms with Crippen molar-refractivity contribution in [3.05, 3.63) is 59.2 Å². The quantitative estimate of drug-likeness (QED) is 0.913. The molecule has 2 aromatic carbocycles. The molecule has 1 saturated heterocycles. The molecule has 25 heavy (non-hydrogen) atoms. The molecule has 0 bridgehead atoms. The van der Waals surface area contributed by atoms with Gasteiger partial charge in [0, 0.05) is 17.8 Å². The van der Waals surface area contributed by atoms with Crippen LogP contribution in [0, 0.1) is 13.8 Å². The molecule has 1 aliphatic rings. The molecule has 0 saturated carbocycles. The topological polar surface area (TPSA) is 66.5 Å². The predicted molar refractivity (Wildman–Crippen MR) is 101 cm³/mol. The van der Waals surface area contributed by atoms with Crippen LogP contribution in [0.1, 0.15) is 34.3 Å². The van der Waals surface area contributed by atoms with Gasteiger partial charge in [0.15, 0.2) is 0 Å². The Hall–Kier alpha value is -2.34. The van der Waals surface area contributed by atoms with Crippen LogP contribution >= 0.6 is 0 Å². The molecule has 0 aromatic heterocycles. The highest BCUT2D eigenvalue weighted by Gasteiger charge is 2.27. The lowest BCUT2D eigenvalue weighted by atomic mass is 10.1. The first-order chi connectivity index (χ1) is 11.9. The minimum absolute atomic E-state index is 0.183. The summed E-state index contributed by atoms with van der Waals surface area (Å²) in [4.78, 5) is 12.3. The van der Waals surface area contributed by atoms with E-state index in [2.05, 4.69) is 5.32 Å². The molecule has 3 rings (SSSR count). The molecular weight excluding hydrogens is 336 g/mol. The molecule has 1 heterocycles. The smallest absolute Gasteiger partial charge is 0.255 e. The zero-order valence-electron chi connectivity index (χ0n) is 14.5. The second-order valence-corrected chi connectivity index (χ2v) is 8.43. The SMILES string of the molecule is Cc1ccc(C(=O)Nc2ccc(N3CCCCS3(=O)=O)c(C)c2)cc1. The zero-order chi connectivity index (χ0) is 18.0. The third-order valence-electron chi connectivity index (χ3n) is 4.39. The van der Waals surface area contributed by atoms with Crippen LogP contribution in [0.25, 0.3) is 0 Å². The van der Waals surface area contributed by atoms with Crippen molar-refractivity contribution < 1.29 is 13.2 Å². The Morgan fingerprint density at radius 3 is 2.40 bits per heavy atom. The number of hydrogen-bond acceptors (Lipinski definition) is 3. The van der Waals surface area contributed by atoms with Gasteiger partial charge in [0.05, 0.1) is 11.4 Å². The van der Waals surface area contributed by atoms with Crippen LogP contribution in [0.5, 0.6) is 0 Å². The highest BCUT2D eigenvalue weighted by Crippen LogP contribution is 2.29. The van der Waals surface area contributed by atoms with Crippen LogP contribution in [0.2, 0.25) is 0 Å². The second kappa shape index (κ2) is 6.88. The third-order valence-corrected chi connectivity index (χ3v) is 6.24. The number of rotatable bonds is 3. The number of nitrogens with zero attached hydrogens (tertiary/aromatic N) is 1. The van der Waals surface area contributed by atoms with Gasteiger partial charge >= 0.3 is 0 Å². The minimum Gasteiger partial charge on any atom is -0.322 e. The number of anilines is 2. The summed E-state index contributed by atoms with van der Waals surface area (Å²) in [7, 11) is -3.24. The van der Waals surface area contributed by atoms with Gasteiger partial charge in [-0.05, 0) is 62.6 Å². The van der Waals surface area contributed by atoms with E-state index in [0.29, 0.717) is 29.9 Å². The van der Waals surface area contributed by atoms with E-state index >= 15 is 0 Å². The van der Waals surface area contributed by atoms with Crippen molar-refractivity contribution in [1.82, 2.24) is 0 Å². The monoisotopic (exact) mass is 358 g/mol. The number of carbonyl (C=O) groups is 1. The van der Waals surface area contributed by atoms with Crippen molar-refractivity contribution in [1.29, 1.82) is 0 Å². The summed E-state index contributed by atoms with van der Waals surface area (Å²) in [5.41, 5.74) is 3.85. The number of amides is 1. The second-order valence-electron chi connectivity index (χ2n) is 6.42. The van der Waals surface area contributed by atoms with Crippen LogP contribution in [-0.2, 0) is 10.0 Å². The van der Waals surface area contributed by atoms with Crippen molar-refractivity contribution in [2.45, 2.75) is 26.7 Å². The van der Waals surface area contributed by atoms with E-state index in [-0.39, 0.29) is 11.7 Å². The Labute approximate surface area is 148 Å². The summed E-state index contributed by atoms with van der Waals surface area (Å²) < 4.78 is 26.0. The van der Waals surface area contributed by atoms with E-state index in [1.165, 1.54) is 4.31 Å². The first-order valence-electron chi connectivity index (χ1n) is 8.36. The van der Waals surface area contributed by atoms with Gasteiger partial charge in [-0.2, -0.15) is 0 Å². The summed E-state index contributed by atoms with van der Waals surface area (Å²) in [5, 5.41) is 2.86. The Balaban J connectivity index is 1.80. The average molecular weight is 358 g/mol. The van der Waals surface area contributed by atoms with Crippen LogP contribution < -0.4 is 9.62 Å². The molecule has 1 aliphatic heterocycles. The van der Waals surface area contributed by atoms with E-state index in [4.69, 9.17) is 0 Å². The number of nitrogens with one attached hydrogen (secondary N) is 1. The normalized spacial score (nSPS) is 16.5. The van der Waals surface area contributed by atoms with E-state index in [0.717, 1.165) is 17.5 Å². The van der Waals surface area contributed by atoms with Gasteiger partial charge in [0.2, 0.25) is 10.0 Å². The first-order valence-corrected chi connectivity index (χ1v) is 9.97. The highest BCUT2D eigenvalue weighted by atomic mass is 32.2. The maximum Gasteiger partial charge on any atom is 0.255 e. The van der Waals surface area contributed by atoms with Gasteiger partial charge in [-0.1, -0.05) is 17.7 Å². The predicted octanol–water partition coefficient (Wildman–Crippen LogP) is 3.49. The maximum absolute atomic E-state index is 12.3. The van der Waals surface area contributed by atoms with Crippen molar-refractivity contribution in [3.63, 3.8) is 0 Å². The Morgan fingerprint density at radius 2 is 1.76 bits per heavy atom. The summed E-state index contributed by atoms with van der Waals surface area (Å²) in [6, 6.07) is 12.7. The van der Waals surface area contributed by atoms with Crippen molar-refractivity contribution in [2.75, 3.05) is 21.9 Å². The van der Waals surface area contributed by atoms with Crippen LogP contribution in [0.3, 0.4) is 0 Å². The van der Waals surface area contributed by atoms with Crippen LogP contribution in [0.15, 0.2) is 42.5 Å². The summed E-state index contributed by atoms with van der Waals surface area (Å²) >= 11 is 0. The van der Waals surface area contributed by atoms with Crippen LogP contribution in [-0.4, -0.2) is 26.6 Å². The molecule has 1 N–H and O–H groups in total. The lowest BCUT2D eigenvalue weighted by Gasteiger charge is -2.29. The number of hydrogen-bond donors (Lipinski definition) is 1. The molecule has 1 amide bonds. The molecule has 0 unspecified atom stereocenters. The first kappa shape index (κ1) is 17.5. The van der Waals surface area contributed by atoms with Gasteiger partial charge < -0.3 is 5.32 Å². The third kappa shape index (κ3) is 3.85. The Bertz CT molecular complexity index is 889. The largest absolute Gasteiger partial charge is 0.322 e.